The van der Waals surface area contributed by atoms with E-state index in [-0.39, 0.29) is 35.7 Å². The molecular formula is C22H26N2O7S. The number of fused-ring (bicyclic) bond motifs is 1. The maximum atomic E-state index is 13.0. The molecule has 0 aromatic heterocycles. The Kier molecular flexibility index (Phi) is 7.57. The minimum atomic E-state index is -0.756. The zero-order valence-electron chi connectivity index (χ0n) is 18.7. The fourth-order valence-corrected chi connectivity index (χ4v) is 4.51. The highest BCUT2D eigenvalue weighted by Gasteiger charge is 2.46. The summed E-state index contributed by atoms with van der Waals surface area (Å²) in [6.07, 6.45) is 0. The zero-order chi connectivity index (χ0) is 23.4. The largest absolute Gasteiger partial charge is 0.490 e. The number of rotatable bonds is 8. The number of hydrogen-bond donors (Lipinski definition) is 0. The van der Waals surface area contributed by atoms with Gasteiger partial charge in [0.1, 0.15) is 6.61 Å². The van der Waals surface area contributed by atoms with Crippen molar-refractivity contribution in [3.05, 3.63) is 35.0 Å². The van der Waals surface area contributed by atoms with E-state index in [9.17, 15) is 14.4 Å². The summed E-state index contributed by atoms with van der Waals surface area (Å²) in [6.45, 7) is 7.28. The first-order valence-electron chi connectivity index (χ1n) is 10.2. The molecule has 1 amide bonds. The van der Waals surface area contributed by atoms with Gasteiger partial charge in [0.05, 0.1) is 35.8 Å². The molecule has 32 heavy (non-hydrogen) atoms. The van der Waals surface area contributed by atoms with Crippen molar-refractivity contribution < 1.29 is 33.3 Å². The lowest BCUT2D eigenvalue weighted by Crippen LogP contribution is -2.40. The molecule has 1 aromatic rings. The van der Waals surface area contributed by atoms with Crippen molar-refractivity contribution >= 4 is 34.8 Å². The van der Waals surface area contributed by atoms with Crippen molar-refractivity contribution in [2.45, 2.75) is 39.0 Å². The van der Waals surface area contributed by atoms with E-state index in [4.69, 9.17) is 18.9 Å². The quantitative estimate of drug-likeness (QED) is 0.330. The van der Waals surface area contributed by atoms with Gasteiger partial charge in [-0.1, -0.05) is 17.8 Å². The molecule has 2 unspecified atom stereocenters. The smallest absolute Gasteiger partial charge is 0.338 e. The molecule has 0 radical (unpaired) electrons. The van der Waals surface area contributed by atoms with Crippen LogP contribution < -0.4 is 9.47 Å². The lowest BCUT2D eigenvalue weighted by atomic mass is 9.94. The van der Waals surface area contributed by atoms with Gasteiger partial charge in [0, 0.05) is 14.0 Å². The lowest BCUT2D eigenvalue weighted by molar-refractivity contribution is -0.141. The third-order valence-electron chi connectivity index (χ3n) is 4.84. The van der Waals surface area contributed by atoms with Crippen LogP contribution in [0.3, 0.4) is 0 Å². The molecule has 1 fully saturated rings. The summed E-state index contributed by atoms with van der Waals surface area (Å²) in [7, 11) is 1.51. The first kappa shape index (κ1) is 23.8. The number of amides is 1. The lowest BCUT2D eigenvalue weighted by Gasteiger charge is -2.33. The Morgan fingerprint density at radius 3 is 2.62 bits per heavy atom. The van der Waals surface area contributed by atoms with Crippen molar-refractivity contribution in [3.63, 3.8) is 0 Å². The second kappa shape index (κ2) is 10.2. The fourth-order valence-electron chi connectivity index (χ4n) is 3.48. The molecule has 9 nitrogen and oxygen atoms in total. The molecule has 2 atom stereocenters. The zero-order valence-corrected chi connectivity index (χ0v) is 19.5. The molecule has 172 valence electrons. The third kappa shape index (κ3) is 4.81. The van der Waals surface area contributed by atoms with Gasteiger partial charge in [-0.15, -0.1) is 0 Å². The second-order valence-corrected chi connectivity index (χ2v) is 8.43. The number of carbonyl (C=O) groups excluding carboxylic acids is 3. The first-order valence-corrected chi connectivity index (χ1v) is 11.1. The Labute approximate surface area is 190 Å². The maximum Gasteiger partial charge on any atom is 0.338 e. The van der Waals surface area contributed by atoms with Crippen LogP contribution in [0.15, 0.2) is 34.5 Å². The van der Waals surface area contributed by atoms with Gasteiger partial charge in [-0.05, 0) is 38.5 Å². The van der Waals surface area contributed by atoms with Crippen molar-refractivity contribution in [3.8, 4) is 11.5 Å². The number of benzene rings is 1. The predicted octanol–water partition coefficient (Wildman–Crippen LogP) is 2.85. The number of allylic oxidation sites excluding steroid dienone is 1. The van der Waals surface area contributed by atoms with Gasteiger partial charge in [-0.2, -0.15) is 0 Å². The monoisotopic (exact) mass is 462 g/mol. The molecule has 0 spiro atoms. The number of amidine groups is 1. The molecule has 0 saturated carbocycles. The van der Waals surface area contributed by atoms with Gasteiger partial charge in [0.15, 0.2) is 16.7 Å². The van der Waals surface area contributed by atoms with E-state index in [2.05, 4.69) is 4.99 Å². The van der Waals surface area contributed by atoms with E-state index in [0.29, 0.717) is 28.8 Å². The van der Waals surface area contributed by atoms with Crippen LogP contribution in [-0.2, 0) is 23.9 Å². The molecule has 10 heteroatoms. The summed E-state index contributed by atoms with van der Waals surface area (Å²) >= 11 is 1.34. The average molecular weight is 463 g/mol. The van der Waals surface area contributed by atoms with Crippen molar-refractivity contribution in [1.29, 1.82) is 0 Å². The molecule has 2 aliphatic heterocycles. The van der Waals surface area contributed by atoms with E-state index >= 15 is 0 Å². The Balaban J connectivity index is 2.09. The van der Waals surface area contributed by atoms with Gasteiger partial charge >= 0.3 is 11.9 Å². The molecule has 2 heterocycles. The maximum absolute atomic E-state index is 13.0. The van der Waals surface area contributed by atoms with Crippen LogP contribution >= 0.6 is 11.8 Å². The number of ether oxygens (including phenoxy) is 4. The number of hydrogen-bond acceptors (Lipinski definition) is 9. The number of methoxy groups -OCH3 is 1. The Morgan fingerprint density at radius 1 is 1.22 bits per heavy atom. The van der Waals surface area contributed by atoms with Crippen molar-refractivity contribution in [2.24, 2.45) is 4.99 Å². The highest BCUT2D eigenvalue weighted by atomic mass is 32.2. The van der Waals surface area contributed by atoms with Gasteiger partial charge < -0.3 is 18.9 Å². The SMILES string of the molecule is CCOc1cc(C2C(C(=O)OCCOC)=C(C)N=C3SC(C)C(=O)N32)ccc1OC(C)=O. The van der Waals surface area contributed by atoms with Crippen LogP contribution in [0.2, 0.25) is 0 Å². The number of carbonyl (C=O) groups is 3. The van der Waals surface area contributed by atoms with E-state index < -0.39 is 18.0 Å². The summed E-state index contributed by atoms with van der Waals surface area (Å²) in [5, 5.41) is 0.194. The highest BCUT2D eigenvalue weighted by molar-refractivity contribution is 8.15. The minimum Gasteiger partial charge on any atom is -0.490 e. The molecule has 2 aliphatic rings. The van der Waals surface area contributed by atoms with Gasteiger partial charge in [-0.3, -0.25) is 14.5 Å². The molecule has 0 bridgehead atoms. The fraction of sp³-hybridized carbons (Fsp3) is 0.455. The molecule has 3 rings (SSSR count). The minimum absolute atomic E-state index is 0.0735. The molecule has 0 aliphatic carbocycles. The Morgan fingerprint density at radius 2 is 1.97 bits per heavy atom. The molecule has 1 saturated heterocycles. The molecule has 1 aromatic carbocycles. The number of aliphatic imine (C=N–C) groups is 1. The first-order chi connectivity index (χ1) is 15.3. The highest BCUT2D eigenvalue weighted by Crippen LogP contribution is 2.44. The number of thioether (sulfide) groups is 1. The average Bonchev–Trinajstić information content (AvgIpc) is 3.01. The summed E-state index contributed by atoms with van der Waals surface area (Å²) in [6, 6.07) is 4.21. The van der Waals surface area contributed by atoms with Crippen LogP contribution in [0.4, 0.5) is 0 Å². The Bertz CT molecular complexity index is 988. The van der Waals surface area contributed by atoms with Gasteiger partial charge in [0.25, 0.3) is 0 Å². The van der Waals surface area contributed by atoms with E-state index in [1.807, 2.05) is 0 Å². The van der Waals surface area contributed by atoms with E-state index in [0.717, 1.165) is 0 Å². The topological polar surface area (TPSA) is 104 Å². The second-order valence-electron chi connectivity index (χ2n) is 7.13. The van der Waals surface area contributed by atoms with Crippen molar-refractivity contribution in [2.75, 3.05) is 26.9 Å². The Hall–Kier alpha value is -2.85. The van der Waals surface area contributed by atoms with E-state index in [1.165, 1.54) is 30.7 Å². The van der Waals surface area contributed by atoms with E-state index in [1.54, 1.807) is 39.0 Å². The summed E-state index contributed by atoms with van der Waals surface area (Å²) in [5.41, 5.74) is 1.34. The van der Waals surface area contributed by atoms with Crippen LogP contribution in [0.25, 0.3) is 0 Å². The van der Waals surface area contributed by atoms with Crippen LogP contribution in [0.5, 0.6) is 11.5 Å². The third-order valence-corrected chi connectivity index (χ3v) is 5.89. The standard InChI is InChI=1S/C22H26N2O7S/c1-6-29-17-11-15(7-8-16(17)31-14(4)25)19-18(21(27)30-10-9-28-5)12(2)23-22-24(19)20(26)13(3)32-22/h7-8,11,13,19H,6,9-10H2,1-5H3. The summed E-state index contributed by atoms with van der Waals surface area (Å²) < 4.78 is 21.2. The van der Waals surface area contributed by atoms with Crippen LogP contribution in [0, 0.1) is 0 Å². The molecule has 0 N–H and O–H groups in total. The number of nitrogens with zero attached hydrogens (tertiary/aromatic N) is 2. The normalized spacial score (nSPS) is 20.1. The van der Waals surface area contributed by atoms with Gasteiger partial charge in [-0.25, -0.2) is 9.79 Å². The molecular weight excluding hydrogens is 436 g/mol. The predicted molar refractivity (Wildman–Crippen MR) is 119 cm³/mol. The van der Waals surface area contributed by atoms with Crippen LogP contribution in [0.1, 0.15) is 39.3 Å². The number of esters is 2. The summed E-state index contributed by atoms with van der Waals surface area (Å²) in [4.78, 5) is 43.5. The van der Waals surface area contributed by atoms with Gasteiger partial charge in [0.2, 0.25) is 5.91 Å². The van der Waals surface area contributed by atoms with Crippen LogP contribution in [-0.4, -0.2) is 60.1 Å². The van der Waals surface area contributed by atoms with Crippen molar-refractivity contribution in [1.82, 2.24) is 4.90 Å². The summed E-state index contributed by atoms with van der Waals surface area (Å²) in [5.74, 6) is -0.624.